The molecule has 21 heavy (non-hydrogen) atoms. The first-order chi connectivity index (χ1) is 10.1. The van der Waals surface area contributed by atoms with Gasteiger partial charge < -0.3 is 10.4 Å². The number of rotatable bonds is 3. The van der Waals surface area contributed by atoms with Crippen LogP contribution in [0.5, 0.6) is 5.75 Å². The number of aromatic hydroxyl groups is 1. The summed E-state index contributed by atoms with van der Waals surface area (Å²) in [6.45, 7) is 1.80. The highest BCUT2D eigenvalue weighted by Gasteiger charge is 2.11. The van der Waals surface area contributed by atoms with Crippen molar-refractivity contribution >= 4 is 17.8 Å². The lowest BCUT2D eigenvalue weighted by atomic mass is 10.1. The number of phenols is 1. The predicted molar refractivity (Wildman–Crippen MR) is 79.3 cm³/mol. The van der Waals surface area contributed by atoms with E-state index in [2.05, 4.69) is 10.3 Å². The highest BCUT2D eigenvalue weighted by molar-refractivity contribution is 6.09. The van der Waals surface area contributed by atoms with E-state index in [9.17, 15) is 9.90 Å². The number of carbonyl (C=O) groups is 1. The Balaban J connectivity index is 2.24. The van der Waals surface area contributed by atoms with Gasteiger partial charge in [-0.1, -0.05) is 24.3 Å². The molecule has 0 bridgehead atoms. The smallest absolute Gasteiger partial charge is 0.267 e. The number of benzene rings is 1. The van der Waals surface area contributed by atoms with Gasteiger partial charge in [0.2, 0.25) is 0 Å². The van der Waals surface area contributed by atoms with Crippen molar-refractivity contribution in [1.82, 2.24) is 4.98 Å². The van der Waals surface area contributed by atoms with Gasteiger partial charge >= 0.3 is 0 Å². The van der Waals surface area contributed by atoms with Crippen LogP contribution in [0, 0.1) is 18.3 Å². The van der Waals surface area contributed by atoms with E-state index in [0.29, 0.717) is 11.4 Å². The van der Waals surface area contributed by atoms with E-state index in [1.807, 2.05) is 6.07 Å². The van der Waals surface area contributed by atoms with E-state index in [4.69, 9.17) is 5.26 Å². The van der Waals surface area contributed by atoms with E-state index in [0.717, 1.165) is 5.69 Å². The molecule has 0 radical (unpaired) electrons. The lowest BCUT2D eigenvalue weighted by Crippen LogP contribution is -2.14. The molecular formula is C16H13N3O2. The van der Waals surface area contributed by atoms with Crippen LogP contribution in [0.2, 0.25) is 0 Å². The number of nitriles is 1. The van der Waals surface area contributed by atoms with Gasteiger partial charge in [-0.25, -0.2) is 4.98 Å². The summed E-state index contributed by atoms with van der Waals surface area (Å²) < 4.78 is 0. The van der Waals surface area contributed by atoms with Crippen molar-refractivity contribution in [2.24, 2.45) is 0 Å². The number of hydrogen-bond donors (Lipinski definition) is 2. The molecule has 0 atom stereocenters. The fourth-order valence-corrected chi connectivity index (χ4v) is 1.71. The predicted octanol–water partition coefficient (Wildman–Crippen LogP) is 2.64. The summed E-state index contributed by atoms with van der Waals surface area (Å²) in [4.78, 5) is 16.2. The van der Waals surface area contributed by atoms with Crippen LogP contribution in [0.25, 0.3) is 6.08 Å². The molecule has 2 N–H and O–H groups in total. The molecule has 1 aromatic heterocycles. The van der Waals surface area contributed by atoms with Gasteiger partial charge in [0.15, 0.2) is 0 Å². The van der Waals surface area contributed by atoms with Crippen LogP contribution in [0.4, 0.5) is 5.82 Å². The minimum atomic E-state index is -0.571. The third-order valence-corrected chi connectivity index (χ3v) is 2.73. The standard InChI is InChI=1S/C16H13N3O2/c1-11-5-4-8-15(18-11)19-16(21)13(10-17)9-12-6-2-3-7-14(12)20/h2-9,20H,1H3,(H,18,19,21)/b13-9+. The molecule has 5 heteroatoms. The van der Waals surface area contributed by atoms with E-state index in [1.165, 1.54) is 12.1 Å². The number of nitrogens with zero attached hydrogens (tertiary/aromatic N) is 2. The first-order valence-electron chi connectivity index (χ1n) is 6.25. The Bertz CT molecular complexity index is 745. The van der Waals surface area contributed by atoms with Gasteiger partial charge in [-0.2, -0.15) is 5.26 Å². The molecule has 1 amide bonds. The van der Waals surface area contributed by atoms with Crippen LogP contribution in [0.15, 0.2) is 48.0 Å². The minimum Gasteiger partial charge on any atom is -0.507 e. The molecule has 104 valence electrons. The zero-order valence-corrected chi connectivity index (χ0v) is 11.4. The molecule has 2 rings (SSSR count). The van der Waals surface area contributed by atoms with Crippen molar-refractivity contribution in [2.45, 2.75) is 6.92 Å². The maximum atomic E-state index is 12.0. The van der Waals surface area contributed by atoms with Gasteiger partial charge in [0.1, 0.15) is 23.2 Å². The van der Waals surface area contributed by atoms with Crippen molar-refractivity contribution in [3.63, 3.8) is 0 Å². The van der Waals surface area contributed by atoms with E-state index >= 15 is 0 Å². The summed E-state index contributed by atoms with van der Waals surface area (Å²) >= 11 is 0. The van der Waals surface area contributed by atoms with Crippen molar-refractivity contribution in [3.05, 3.63) is 59.3 Å². The largest absolute Gasteiger partial charge is 0.507 e. The number of amides is 1. The molecule has 2 aromatic rings. The number of anilines is 1. The zero-order valence-electron chi connectivity index (χ0n) is 11.4. The second kappa shape index (κ2) is 6.35. The zero-order chi connectivity index (χ0) is 15.2. The van der Waals surface area contributed by atoms with Gasteiger partial charge in [-0.3, -0.25) is 4.79 Å². The van der Waals surface area contributed by atoms with Crippen molar-refractivity contribution in [2.75, 3.05) is 5.32 Å². The third kappa shape index (κ3) is 3.67. The topological polar surface area (TPSA) is 86.0 Å². The van der Waals surface area contributed by atoms with Gasteiger partial charge in [0.25, 0.3) is 5.91 Å². The molecule has 0 aliphatic carbocycles. The first-order valence-corrected chi connectivity index (χ1v) is 6.25. The lowest BCUT2D eigenvalue weighted by molar-refractivity contribution is -0.112. The fraction of sp³-hybridized carbons (Fsp3) is 0.0625. The Kier molecular flexibility index (Phi) is 4.32. The number of aryl methyl sites for hydroxylation is 1. The number of aromatic nitrogens is 1. The number of carbonyl (C=O) groups excluding carboxylic acids is 1. The van der Waals surface area contributed by atoms with Crippen LogP contribution in [-0.2, 0) is 4.79 Å². The van der Waals surface area contributed by atoms with E-state index in [1.54, 1.807) is 43.3 Å². The Labute approximate surface area is 122 Å². The Morgan fingerprint density at radius 2 is 2.05 bits per heavy atom. The molecule has 0 unspecified atom stereocenters. The quantitative estimate of drug-likeness (QED) is 0.668. The Morgan fingerprint density at radius 3 is 2.71 bits per heavy atom. The van der Waals surface area contributed by atoms with Gasteiger partial charge in [0, 0.05) is 11.3 Å². The summed E-state index contributed by atoms with van der Waals surface area (Å²) in [5.74, 6) is -0.191. The molecule has 1 aromatic carbocycles. The normalized spacial score (nSPS) is 10.8. The van der Waals surface area contributed by atoms with E-state index in [-0.39, 0.29) is 11.3 Å². The Morgan fingerprint density at radius 1 is 1.29 bits per heavy atom. The summed E-state index contributed by atoms with van der Waals surface area (Å²) in [7, 11) is 0. The first kappa shape index (κ1) is 14.3. The Hall–Kier alpha value is -3.13. The third-order valence-electron chi connectivity index (χ3n) is 2.73. The number of pyridine rings is 1. The maximum absolute atomic E-state index is 12.0. The fourth-order valence-electron chi connectivity index (χ4n) is 1.71. The average molecular weight is 279 g/mol. The summed E-state index contributed by atoms with van der Waals surface area (Å²) in [5, 5.41) is 21.3. The maximum Gasteiger partial charge on any atom is 0.267 e. The molecule has 0 saturated carbocycles. The number of phenolic OH excluding ortho intramolecular Hbond substituents is 1. The van der Waals surface area contributed by atoms with Crippen LogP contribution in [0.1, 0.15) is 11.3 Å². The lowest BCUT2D eigenvalue weighted by Gasteiger charge is -2.04. The van der Waals surface area contributed by atoms with Crippen LogP contribution >= 0.6 is 0 Å². The molecule has 0 fully saturated rings. The van der Waals surface area contributed by atoms with E-state index < -0.39 is 5.91 Å². The molecule has 1 heterocycles. The van der Waals surface area contributed by atoms with Crippen molar-refractivity contribution < 1.29 is 9.90 Å². The van der Waals surface area contributed by atoms with Gasteiger partial charge in [-0.05, 0) is 31.2 Å². The van der Waals surface area contributed by atoms with Crippen molar-refractivity contribution in [3.8, 4) is 11.8 Å². The minimum absolute atomic E-state index is 0.00623. The average Bonchev–Trinajstić information content (AvgIpc) is 2.46. The number of nitrogens with one attached hydrogen (secondary N) is 1. The summed E-state index contributed by atoms with van der Waals surface area (Å²) in [6, 6.07) is 13.5. The molecular weight excluding hydrogens is 266 g/mol. The number of hydrogen-bond acceptors (Lipinski definition) is 4. The van der Waals surface area contributed by atoms with Gasteiger partial charge in [-0.15, -0.1) is 0 Å². The van der Waals surface area contributed by atoms with Crippen LogP contribution < -0.4 is 5.32 Å². The highest BCUT2D eigenvalue weighted by atomic mass is 16.3. The highest BCUT2D eigenvalue weighted by Crippen LogP contribution is 2.19. The summed E-state index contributed by atoms with van der Waals surface area (Å²) in [5.41, 5.74) is 1.05. The summed E-state index contributed by atoms with van der Waals surface area (Å²) in [6.07, 6.45) is 1.33. The van der Waals surface area contributed by atoms with Crippen LogP contribution in [0.3, 0.4) is 0 Å². The SMILES string of the molecule is Cc1cccc(NC(=O)/C(C#N)=C/c2ccccc2O)n1. The molecule has 0 saturated heterocycles. The molecule has 0 aliphatic heterocycles. The second-order valence-corrected chi connectivity index (χ2v) is 4.35. The molecule has 0 aliphatic rings. The molecule has 5 nitrogen and oxygen atoms in total. The monoisotopic (exact) mass is 279 g/mol. The van der Waals surface area contributed by atoms with Crippen molar-refractivity contribution in [1.29, 1.82) is 5.26 Å². The number of para-hydroxylation sites is 1. The molecule has 0 spiro atoms. The van der Waals surface area contributed by atoms with Gasteiger partial charge in [0.05, 0.1) is 0 Å². The second-order valence-electron chi connectivity index (χ2n) is 4.35. The van der Waals surface area contributed by atoms with Crippen LogP contribution in [-0.4, -0.2) is 16.0 Å².